The van der Waals surface area contributed by atoms with Crippen molar-refractivity contribution in [2.75, 3.05) is 0 Å². The molecule has 0 spiro atoms. The molecule has 4 aromatic carbocycles. The number of para-hydroxylation sites is 2. The number of rotatable bonds is 2. The third-order valence-corrected chi connectivity index (χ3v) is 5.24. The minimum atomic E-state index is 0.900. The van der Waals surface area contributed by atoms with E-state index in [-0.39, 0.29) is 0 Å². The summed E-state index contributed by atoms with van der Waals surface area (Å²) in [5, 5.41) is 2.42. The molecular weight excluding hydrogens is 396 g/mol. The monoisotopic (exact) mass is 410 g/mol. The summed E-state index contributed by atoms with van der Waals surface area (Å²) in [6.07, 6.45) is 0. The first-order chi connectivity index (χ1) is 13.3. The maximum absolute atomic E-state index is 4.98. The highest BCUT2D eigenvalue weighted by Gasteiger charge is 2.13. The third-order valence-electron chi connectivity index (χ3n) is 4.71. The molecule has 0 aliphatic heterocycles. The lowest BCUT2D eigenvalue weighted by Crippen LogP contribution is -1.95. The largest absolute Gasteiger partial charge is 0.244 e. The van der Waals surface area contributed by atoms with Crippen LogP contribution in [0.2, 0.25) is 0 Å². The van der Waals surface area contributed by atoms with E-state index in [9.17, 15) is 0 Å². The van der Waals surface area contributed by atoms with E-state index in [2.05, 4.69) is 70.5 Å². The van der Waals surface area contributed by atoms with Crippen molar-refractivity contribution in [2.24, 2.45) is 0 Å². The summed E-state index contributed by atoms with van der Waals surface area (Å²) in [5.41, 5.74) is 5.74. The molecule has 0 amide bonds. The fourth-order valence-electron chi connectivity index (χ4n) is 3.35. The van der Waals surface area contributed by atoms with Crippen LogP contribution in [-0.2, 0) is 0 Å². The van der Waals surface area contributed by atoms with Crippen molar-refractivity contribution >= 4 is 37.7 Å². The van der Waals surface area contributed by atoms with Crippen LogP contribution < -0.4 is 0 Å². The molecule has 3 heteroatoms. The van der Waals surface area contributed by atoms with E-state index in [4.69, 9.17) is 9.97 Å². The molecule has 5 aromatic rings. The van der Waals surface area contributed by atoms with E-state index in [1.54, 1.807) is 0 Å². The minimum absolute atomic E-state index is 0.900. The Morgan fingerprint density at radius 3 is 1.78 bits per heavy atom. The second kappa shape index (κ2) is 6.60. The number of hydrogen-bond acceptors (Lipinski definition) is 2. The van der Waals surface area contributed by atoms with Crippen molar-refractivity contribution in [1.82, 2.24) is 9.97 Å². The second-order valence-corrected chi connectivity index (χ2v) is 7.39. The predicted molar refractivity (Wildman–Crippen MR) is 116 cm³/mol. The van der Waals surface area contributed by atoms with Gasteiger partial charge >= 0.3 is 0 Å². The molecule has 0 fully saturated rings. The summed E-state index contributed by atoms with van der Waals surface area (Å²) in [6, 6.07) is 31.1. The normalized spacial score (nSPS) is 11.1. The van der Waals surface area contributed by atoms with Gasteiger partial charge in [0.2, 0.25) is 0 Å². The van der Waals surface area contributed by atoms with Crippen molar-refractivity contribution in [3.63, 3.8) is 0 Å². The summed E-state index contributed by atoms with van der Waals surface area (Å²) in [6.45, 7) is 0. The fourth-order valence-corrected chi connectivity index (χ4v) is 3.61. The van der Waals surface area contributed by atoms with Crippen LogP contribution >= 0.6 is 15.9 Å². The number of benzene rings is 4. The van der Waals surface area contributed by atoms with Crippen LogP contribution in [0.4, 0.5) is 0 Å². The molecule has 0 bridgehead atoms. The third kappa shape index (κ3) is 3.00. The Balaban J connectivity index is 1.80. The van der Waals surface area contributed by atoms with Gasteiger partial charge in [-0.15, -0.1) is 0 Å². The van der Waals surface area contributed by atoms with Crippen molar-refractivity contribution in [3.05, 3.63) is 95.5 Å². The first-order valence-electron chi connectivity index (χ1n) is 8.80. The summed E-state index contributed by atoms with van der Waals surface area (Å²) in [5.74, 6) is 0. The van der Waals surface area contributed by atoms with E-state index in [0.717, 1.165) is 38.0 Å². The molecule has 128 valence electrons. The summed E-state index contributed by atoms with van der Waals surface area (Å²) in [4.78, 5) is 9.93. The molecule has 0 unspecified atom stereocenters. The Kier molecular flexibility index (Phi) is 3.95. The van der Waals surface area contributed by atoms with Crippen molar-refractivity contribution < 1.29 is 0 Å². The molecular formula is C24H15BrN2. The Morgan fingerprint density at radius 2 is 1.07 bits per heavy atom. The summed E-state index contributed by atoms with van der Waals surface area (Å²) in [7, 11) is 0. The van der Waals surface area contributed by atoms with Crippen LogP contribution in [0.15, 0.2) is 95.5 Å². The van der Waals surface area contributed by atoms with Gasteiger partial charge < -0.3 is 0 Å². The summed E-state index contributed by atoms with van der Waals surface area (Å²) >= 11 is 3.51. The van der Waals surface area contributed by atoms with Gasteiger partial charge in [-0.1, -0.05) is 76.6 Å². The molecule has 0 N–H and O–H groups in total. The summed E-state index contributed by atoms with van der Waals surface area (Å²) < 4.78 is 1.05. The van der Waals surface area contributed by atoms with Crippen LogP contribution in [-0.4, -0.2) is 9.97 Å². The smallest absolute Gasteiger partial charge is 0.0973 e. The first kappa shape index (κ1) is 16.2. The number of nitrogens with zero attached hydrogens (tertiary/aromatic N) is 2. The SMILES string of the molecule is Brc1ccc(-c2nc3ccccc3nc2-c2ccc3ccccc3c2)cc1. The molecule has 2 nitrogen and oxygen atoms in total. The van der Waals surface area contributed by atoms with Crippen LogP contribution in [0.3, 0.4) is 0 Å². The van der Waals surface area contributed by atoms with Crippen molar-refractivity contribution in [2.45, 2.75) is 0 Å². The Bertz CT molecular complexity index is 1280. The van der Waals surface area contributed by atoms with Gasteiger partial charge in [-0.2, -0.15) is 0 Å². The maximum Gasteiger partial charge on any atom is 0.0973 e. The molecule has 0 aliphatic rings. The first-order valence-corrected chi connectivity index (χ1v) is 9.59. The van der Waals surface area contributed by atoms with Gasteiger partial charge in [0.1, 0.15) is 0 Å². The van der Waals surface area contributed by atoms with Crippen molar-refractivity contribution in [3.8, 4) is 22.5 Å². The van der Waals surface area contributed by atoms with E-state index in [0.29, 0.717) is 0 Å². The quantitative estimate of drug-likeness (QED) is 0.316. The van der Waals surface area contributed by atoms with Gasteiger partial charge in [-0.3, -0.25) is 0 Å². The molecule has 1 aromatic heterocycles. The maximum atomic E-state index is 4.98. The van der Waals surface area contributed by atoms with Gasteiger partial charge in [0, 0.05) is 15.6 Å². The van der Waals surface area contributed by atoms with Gasteiger partial charge in [0.15, 0.2) is 0 Å². The zero-order valence-electron chi connectivity index (χ0n) is 14.4. The van der Waals surface area contributed by atoms with E-state index in [1.807, 2.05) is 36.4 Å². The molecule has 27 heavy (non-hydrogen) atoms. The number of halogens is 1. The molecule has 0 saturated carbocycles. The van der Waals surface area contributed by atoms with E-state index in [1.165, 1.54) is 10.8 Å². The standard InChI is InChI=1S/C24H15BrN2/c25-20-13-11-17(12-14-20)23-24(27-22-8-4-3-7-21(22)26-23)19-10-9-16-5-1-2-6-18(16)15-19/h1-15H. The number of aromatic nitrogens is 2. The average molecular weight is 411 g/mol. The number of fused-ring (bicyclic) bond motifs is 2. The van der Waals surface area contributed by atoms with Crippen LogP contribution in [0, 0.1) is 0 Å². The van der Waals surface area contributed by atoms with Crippen molar-refractivity contribution in [1.29, 1.82) is 0 Å². The lowest BCUT2D eigenvalue weighted by molar-refractivity contribution is 1.29. The van der Waals surface area contributed by atoms with Gasteiger partial charge in [0.25, 0.3) is 0 Å². The zero-order valence-corrected chi connectivity index (χ0v) is 16.0. The van der Waals surface area contributed by atoms with Gasteiger partial charge in [0.05, 0.1) is 22.4 Å². The molecule has 0 radical (unpaired) electrons. The lowest BCUT2D eigenvalue weighted by atomic mass is 10.0. The zero-order chi connectivity index (χ0) is 18.2. The Morgan fingerprint density at radius 1 is 0.519 bits per heavy atom. The number of hydrogen-bond donors (Lipinski definition) is 0. The van der Waals surface area contributed by atoms with Crippen LogP contribution in [0.1, 0.15) is 0 Å². The second-order valence-electron chi connectivity index (χ2n) is 6.48. The molecule has 0 saturated heterocycles. The van der Waals surface area contributed by atoms with Gasteiger partial charge in [-0.05, 0) is 41.1 Å². The molecule has 5 rings (SSSR count). The van der Waals surface area contributed by atoms with E-state index >= 15 is 0 Å². The average Bonchev–Trinajstić information content (AvgIpc) is 2.73. The minimum Gasteiger partial charge on any atom is -0.244 e. The van der Waals surface area contributed by atoms with Crippen LogP contribution in [0.5, 0.6) is 0 Å². The highest BCUT2D eigenvalue weighted by molar-refractivity contribution is 9.10. The topological polar surface area (TPSA) is 25.8 Å². The highest BCUT2D eigenvalue weighted by Crippen LogP contribution is 2.33. The Labute approximate surface area is 165 Å². The highest BCUT2D eigenvalue weighted by atomic mass is 79.9. The Hall–Kier alpha value is -3.04. The molecule has 0 atom stereocenters. The van der Waals surface area contributed by atoms with E-state index < -0.39 is 0 Å². The lowest BCUT2D eigenvalue weighted by Gasteiger charge is -2.11. The molecule has 1 heterocycles. The van der Waals surface area contributed by atoms with Gasteiger partial charge in [-0.25, -0.2) is 9.97 Å². The van der Waals surface area contributed by atoms with Crippen LogP contribution in [0.25, 0.3) is 44.3 Å². The molecule has 0 aliphatic carbocycles. The fraction of sp³-hybridized carbons (Fsp3) is 0. The predicted octanol–water partition coefficient (Wildman–Crippen LogP) is 6.88.